The summed E-state index contributed by atoms with van der Waals surface area (Å²) < 4.78 is 0. The van der Waals surface area contributed by atoms with Crippen LogP contribution in [0.5, 0.6) is 0 Å². The van der Waals surface area contributed by atoms with Crippen LogP contribution in [0.15, 0.2) is 0 Å². The van der Waals surface area contributed by atoms with Crippen LogP contribution in [0.1, 0.15) is 0 Å². The molecule has 18 nitrogen and oxygen atoms in total. The van der Waals surface area contributed by atoms with Gasteiger partial charge in [0.05, 0.1) is 0 Å². The van der Waals surface area contributed by atoms with E-state index in [1.54, 1.807) is 0 Å². The average molecular weight is 899 g/mol. The van der Waals surface area contributed by atoms with Crippen LogP contribution < -0.4 is 0 Å². The molecule has 0 atom stereocenters. The minimum absolute atomic E-state index is 0. The Morgan fingerprint density at radius 1 is 0.182 bits per heavy atom. The third-order valence-electron chi connectivity index (χ3n) is 3.56. The zero-order chi connectivity index (χ0) is 32.0. The van der Waals surface area contributed by atoms with Gasteiger partial charge in [-0.05, 0) is 0 Å². The van der Waals surface area contributed by atoms with E-state index in [0.717, 1.165) is 89.4 Å². The first-order valence-electron chi connectivity index (χ1n) is 7.21. The molecule has 220 valence electrons. The summed E-state index contributed by atoms with van der Waals surface area (Å²) in [4.78, 5) is 18.6. The van der Waals surface area contributed by atoms with E-state index in [2.05, 4.69) is 0 Å². The van der Waals surface area contributed by atoms with E-state index in [9.17, 15) is 0 Å². The fraction of sp³-hybridized carbons (Fsp3) is 0. The Labute approximate surface area is 330 Å². The monoisotopic (exact) mass is 900 g/mol. The minimum atomic E-state index is -6.17. The molecule has 0 N–H and O–H groups in total. The van der Waals surface area contributed by atoms with Crippen LogP contribution in [0.25, 0.3) is 0 Å². The van der Waals surface area contributed by atoms with E-state index >= 15 is 0 Å². The van der Waals surface area contributed by atoms with Crippen LogP contribution in [-0.4, -0.2) is 51.4 Å². The predicted molar refractivity (Wildman–Crippen MR) is 108 cm³/mol. The molecule has 0 aliphatic heterocycles. The van der Waals surface area contributed by atoms with E-state index in [1.807, 2.05) is 0 Å². The topological polar surface area (TPSA) is 428 Å². The van der Waals surface area contributed by atoms with Gasteiger partial charge in [0, 0.05) is 0 Å². The molecule has 0 aliphatic carbocycles. The fourth-order valence-corrected chi connectivity index (χ4v) is 3.28. The Kier molecular flexibility index (Phi) is 22.0. The van der Waals surface area contributed by atoms with Crippen LogP contribution in [0.2, 0.25) is 0 Å². The first kappa shape index (κ1) is 59.5. The van der Waals surface area contributed by atoms with Crippen LogP contribution in [0.4, 0.5) is 0 Å². The average Bonchev–Trinajstić information content (AvgIpc) is 3.06. The molecule has 0 spiro atoms. The van der Waals surface area contributed by atoms with Crippen molar-refractivity contribution in [1.29, 1.82) is 94.7 Å². The molecule has 26 heteroatoms. The second-order valence-electron chi connectivity index (χ2n) is 5.40. The SMILES string of the molecule is N#[C][Fe-4]([C]#N)([C]#N)([C]#N)([C]#N)[C]#N.N#[C][Fe-4]([C]#N)([C]#N)([C]#N)([C]#N)[C]#N.N#[C][Fe-4]([C]#N)([C]#N)([C]#N)([C]#N)[C]#N.[Fe+3].[Fe+3].[Fe+3].[Fe+3].[KH]. The van der Waals surface area contributed by atoms with Gasteiger partial charge in [-0.15, -0.1) is 0 Å². The normalized spacial score (nSPS) is 11.9. The van der Waals surface area contributed by atoms with Crippen molar-refractivity contribution in [3.63, 3.8) is 0 Å². The molecule has 4 radical (unpaired) electrons. The van der Waals surface area contributed by atoms with Crippen molar-refractivity contribution in [1.82, 2.24) is 0 Å². The molecule has 44 heavy (non-hydrogen) atoms. The first-order valence-corrected chi connectivity index (χ1v) is 17.1. The number of nitriles is 18. The van der Waals surface area contributed by atoms with Crippen LogP contribution >= 0.6 is 0 Å². The number of hydrogen-bond acceptors (Lipinski definition) is 18. The van der Waals surface area contributed by atoms with Crippen molar-refractivity contribution in [2.45, 2.75) is 0 Å². The fourth-order valence-electron chi connectivity index (χ4n) is 0.795. The Balaban J connectivity index is -0.0000000697. The molecule has 0 rings (SSSR count). The molecule has 0 aromatic heterocycles. The van der Waals surface area contributed by atoms with Gasteiger partial charge in [-0.2, -0.15) is 0 Å². The second-order valence-corrected chi connectivity index (χ2v) is 22.3. The Bertz CT molecular complexity index is 1420. The van der Waals surface area contributed by atoms with Crippen LogP contribution in [0, 0.1) is 184 Å². The van der Waals surface area contributed by atoms with E-state index in [0.29, 0.717) is 0 Å². The molecule has 0 heterocycles. The Morgan fingerprint density at radius 3 is 0.227 bits per heavy atom. The quantitative estimate of drug-likeness (QED) is 0.280. The Hall–Kier alpha value is -3.91. The number of rotatable bonds is 0. The van der Waals surface area contributed by atoms with Gasteiger partial charge >= 0.3 is 336 Å². The van der Waals surface area contributed by atoms with Gasteiger partial charge in [-0.3, -0.25) is 0 Å². The summed E-state index contributed by atoms with van der Waals surface area (Å²) in [6, 6.07) is 0. The van der Waals surface area contributed by atoms with E-state index in [1.165, 1.54) is 0 Å². The van der Waals surface area contributed by atoms with Crippen molar-refractivity contribution in [2.24, 2.45) is 0 Å². The summed E-state index contributed by atoms with van der Waals surface area (Å²) >= 11 is 0. The molecule has 0 aromatic carbocycles. The first-order chi connectivity index (χ1) is 17.9. The van der Waals surface area contributed by atoms with Crippen LogP contribution in [-0.2, 0) is 100 Å². The maximum atomic E-state index is 8.58. The van der Waals surface area contributed by atoms with Gasteiger partial charge < -0.3 is 0 Å². The summed E-state index contributed by atoms with van der Waals surface area (Å²) in [5.74, 6) is 0. The van der Waals surface area contributed by atoms with Crippen molar-refractivity contribution in [3.05, 3.63) is 0 Å². The maximum absolute atomic E-state index is 8.58. The molecule has 0 amide bonds. The predicted octanol–water partition coefficient (Wildman–Crippen LogP) is -0.364. The van der Waals surface area contributed by atoms with Crippen LogP contribution in [0.3, 0.4) is 0 Å². The molecule has 0 saturated carbocycles. The summed E-state index contributed by atoms with van der Waals surface area (Å²) in [6.45, 7) is 0. The van der Waals surface area contributed by atoms with Crippen molar-refractivity contribution in [3.8, 4) is 89.4 Å². The van der Waals surface area contributed by atoms with Crippen molar-refractivity contribution >= 4 is 51.4 Å². The van der Waals surface area contributed by atoms with E-state index in [4.69, 9.17) is 94.7 Å². The van der Waals surface area contributed by atoms with Gasteiger partial charge in [0.25, 0.3) is 0 Å². The molecule has 0 aromatic rings. The number of hydrogen-bond donors (Lipinski definition) is 0. The zero-order valence-corrected chi connectivity index (χ0v) is 27.3. The molecular weight excluding hydrogens is 898 g/mol. The van der Waals surface area contributed by atoms with Gasteiger partial charge in [-0.25, -0.2) is 0 Å². The van der Waals surface area contributed by atoms with E-state index < -0.39 is 32.2 Å². The standard InChI is InChI=1S/18CN.7Fe.K.H/c18*1-2;;;;;;;;;/q;;;;;;;;;;;;;;;;;;3*-4;4*+3;;. The molecule has 0 fully saturated rings. The Morgan fingerprint density at radius 2 is 0.227 bits per heavy atom. The molecule has 0 aliphatic rings. The van der Waals surface area contributed by atoms with Gasteiger partial charge in [0.15, 0.2) is 0 Å². The summed E-state index contributed by atoms with van der Waals surface area (Å²) in [7, 11) is -18.5. The molecular formula is C18HFe7KN18. The third-order valence-corrected chi connectivity index (χ3v) is 14.7. The van der Waals surface area contributed by atoms with Gasteiger partial charge in [0.2, 0.25) is 0 Å². The summed E-state index contributed by atoms with van der Waals surface area (Å²) in [6.07, 6.45) is 0. The van der Waals surface area contributed by atoms with E-state index in [-0.39, 0.29) is 120 Å². The van der Waals surface area contributed by atoms with Crippen molar-refractivity contribution in [2.75, 3.05) is 0 Å². The summed E-state index contributed by atoms with van der Waals surface area (Å²) in [5, 5.41) is 154. The summed E-state index contributed by atoms with van der Waals surface area (Å²) in [5.41, 5.74) is 0. The molecule has 0 saturated heterocycles. The molecule has 0 unspecified atom stereocenters. The van der Waals surface area contributed by atoms with Gasteiger partial charge in [0.1, 0.15) is 0 Å². The number of nitrogens with zero attached hydrogens (tertiary/aromatic N) is 18. The van der Waals surface area contributed by atoms with Crippen molar-refractivity contribution < 1.29 is 100 Å². The zero-order valence-electron chi connectivity index (χ0n) is 19.5. The molecule has 0 bridgehead atoms. The van der Waals surface area contributed by atoms with Gasteiger partial charge in [-0.1, -0.05) is 0 Å². The third kappa shape index (κ3) is 7.07. The second kappa shape index (κ2) is 16.2.